The van der Waals surface area contributed by atoms with Crippen molar-refractivity contribution in [3.05, 3.63) is 96.3 Å². The molecule has 2 aromatic rings. The van der Waals surface area contributed by atoms with Gasteiger partial charge >= 0.3 is 190 Å². The summed E-state index contributed by atoms with van der Waals surface area (Å²) in [6.45, 7) is 14.6. The van der Waals surface area contributed by atoms with Crippen LogP contribution in [0.4, 0.5) is 0 Å². The maximum absolute atomic E-state index is 6.89. The van der Waals surface area contributed by atoms with Crippen LogP contribution in [-0.4, -0.2) is 5.43 Å². The maximum atomic E-state index is 6.89. The largest absolute Gasteiger partial charge is 0.147 e. The molecule has 0 aromatic heterocycles. The minimum atomic E-state index is -2.00. The van der Waals surface area contributed by atoms with Gasteiger partial charge in [0.05, 0.1) is 0 Å². The molecule has 0 saturated carbocycles. The van der Waals surface area contributed by atoms with Gasteiger partial charge in [-0.3, -0.25) is 0 Å². The van der Waals surface area contributed by atoms with Gasteiger partial charge in [-0.15, -0.1) is 24.8 Å². The SMILES string of the molecule is CC1=C(C)C(C)[C]([Zr]([CH]2C=C(c3ccccc3)c3cccc(Cl)c32)=[Si](C)C)=C1C.Cl.Cl. The summed E-state index contributed by atoms with van der Waals surface area (Å²) in [7, 11) is 0. The molecule has 0 amide bonds. The first-order valence-corrected chi connectivity index (χ1v) is 19.7. The summed E-state index contributed by atoms with van der Waals surface area (Å²) in [5.74, 6) is 0.615. The van der Waals surface area contributed by atoms with Crippen molar-refractivity contribution in [2.75, 3.05) is 0 Å². The molecular formula is C26H31Cl3SiZr. The van der Waals surface area contributed by atoms with Gasteiger partial charge in [0.15, 0.2) is 0 Å². The quantitative estimate of drug-likeness (QED) is 0.325. The third-order valence-corrected chi connectivity index (χ3v) is 25.7. The second-order valence-corrected chi connectivity index (χ2v) is 26.5. The number of hydrogen-bond donors (Lipinski definition) is 0. The molecule has 0 radical (unpaired) electrons. The Bertz CT molecular complexity index is 1120. The van der Waals surface area contributed by atoms with Crippen molar-refractivity contribution in [1.29, 1.82) is 0 Å². The van der Waals surface area contributed by atoms with E-state index in [2.05, 4.69) is 95.4 Å². The van der Waals surface area contributed by atoms with Crippen molar-refractivity contribution in [2.24, 2.45) is 5.92 Å². The molecule has 0 bridgehead atoms. The molecule has 0 N–H and O–H groups in total. The van der Waals surface area contributed by atoms with Gasteiger partial charge in [0.1, 0.15) is 0 Å². The number of rotatable bonds is 3. The molecule has 2 aliphatic rings. The summed E-state index contributed by atoms with van der Waals surface area (Å²) in [5.41, 5.74) is 9.81. The number of benzene rings is 2. The summed E-state index contributed by atoms with van der Waals surface area (Å²) in [4.78, 5) is 0. The van der Waals surface area contributed by atoms with Crippen LogP contribution in [0.3, 0.4) is 0 Å². The first-order chi connectivity index (χ1) is 13.8. The van der Waals surface area contributed by atoms with Crippen LogP contribution in [0.5, 0.6) is 0 Å². The molecule has 4 rings (SSSR count). The van der Waals surface area contributed by atoms with Gasteiger partial charge in [0.2, 0.25) is 0 Å². The number of hydrogen-bond acceptors (Lipinski definition) is 0. The van der Waals surface area contributed by atoms with Crippen LogP contribution in [0.15, 0.2) is 74.6 Å². The van der Waals surface area contributed by atoms with Crippen LogP contribution < -0.4 is 0 Å². The molecule has 5 heteroatoms. The van der Waals surface area contributed by atoms with Crippen LogP contribution in [-0.2, 0) is 20.4 Å². The molecule has 164 valence electrons. The van der Waals surface area contributed by atoms with Crippen molar-refractivity contribution >= 4 is 47.4 Å². The van der Waals surface area contributed by atoms with E-state index in [1.54, 1.807) is 16.7 Å². The normalized spacial score (nSPS) is 19.5. The van der Waals surface area contributed by atoms with E-state index < -0.39 is 25.8 Å². The second-order valence-electron chi connectivity index (χ2n) is 8.61. The van der Waals surface area contributed by atoms with Gasteiger partial charge in [-0.1, -0.05) is 0 Å². The smallest absolute Gasteiger partial charge is 0.147 e. The fraction of sp³-hybridized carbons (Fsp3) is 0.308. The van der Waals surface area contributed by atoms with Gasteiger partial charge in [-0.05, 0) is 0 Å². The third kappa shape index (κ3) is 4.67. The van der Waals surface area contributed by atoms with Crippen molar-refractivity contribution in [3.63, 3.8) is 0 Å². The first kappa shape index (κ1) is 26.9. The van der Waals surface area contributed by atoms with Gasteiger partial charge in [-0.2, -0.15) is 0 Å². The Labute approximate surface area is 212 Å². The average molecular weight is 569 g/mol. The van der Waals surface area contributed by atoms with Gasteiger partial charge in [-0.25, -0.2) is 0 Å². The Hall–Kier alpha value is -0.370. The molecule has 0 spiro atoms. The molecule has 31 heavy (non-hydrogen) atoms. The van der Waals surface area contributed by atoms with E-state index in [0.29, 0.717) is 9.54 Å². The Kier molecular flexibility index (Phi) is 9.28. The molecule has 2 aromatic carbocycles. The molecule has 0 aliphatic heterocycles. The van der Waals surface area contributed by atoms with E-state index in [9.17, 15) is 0 Å². The maximum Gasteiger partial charge on any atom is -0.147 e. The fourth-order valence-corrected chi connectivity index (χ4v) is 25.3. The first-order valence-electron chi connectivity index (χ1n) is 10.4. The van der Waals surface area contributed by atoms with E-state index in [1.165, 1.54) is 22.3 Å². The molecule has 2 unspecified atom stereocenters. The molecule has 0 heterocycles. The van der Waals surface area contributed by atoms with Crippen LogP contribution in [0.25, 0.3) is 5.57 Å². The van der Waals surface area contributed by atoms with Crippen LogP contribution in [0.2, 0.25) is 18.1 Å². The van der Waals surface area contributed by atoms with E-state index >= 15 is 0 Å². The predicted molar refractivity (Wildman–Crippen MR) is 140 cm³/mol. The van der Waals surface area contributed by atoms with Crippen LogP contribution in [0, 0.1) is 5.92 Å². The van der Waals surface area contributed by atoms with Crippen molar-refractivity contribution < 1.29 is 20.4 Å². The van der Waals surface area contributed by atoms with E-state index in [4.69, 9.17) is 11.6 Å². The molecule has 0 saturated heterocycles. The zero-order valence-electron chi connectivity index (χ0n) is 19.0. The Morgan fingerprint density at radius 3 is 2.06 bits per heavy atom. The molecule has 2 aliphatic carbocycles. The van der Waals surface area contributed by atoms with Crippen molar-refractivity contribution in [1.82, 2.24) is 0 Å². The summed E-state index contributed by atoms with van der Waals surface area (Å²) >= 11 is 4.89. The van der Waals surface area contributed by atoms with Gasteiger partial charge < -0.3 is 0 Å². The third-order valence-electron chi connectivity index (χ3n) is 6.85. The van der Waals surface area contributed by atoms with Gasteiger partial charge in [0.25, 0.3) is 0 Å². The predicted octanol–water partition coefficient (Wildman–Crippen LogP) is 8.80. The molecule has 2 atom stereocenters. The minimum absolute atomic E-state index is 0. The number of fused-ring (bicyclic) bond motifs is 1. The molecular weight excluding hydrogens is 538 g/mol. The number of allylic oxidation sites excluding steroid dienone is 5. The Morgan fingerprint density at radius 1 is 0.871 bits per heavy atom. The van der Waals surface area contributed by atoms with Crippen LogP contribution in [0.1, 0.15) is 48.0 Å². The fourth-order valence-electron chi connectivity index (χ4n) is 5.07. The monoisotopic (exact) mass is 566 g/mol. The minimum Gasteiger partial charge on any atom is -0.147 e. The summed E-state index contributed by atoms with van der Waals surface area (Å²) in [6, 6.07) is 17.4. The molecule has 0 fully saturated rings. The summed E-state index contributed by atoms with van der Waals surface area (Å²) in [6.07, 6.45) is 2.61. The van der Waals surface area contributed by atoms with Crippen LogP contribution >= 0.6 is 36.4 Å². The van der Waals surface area contributed by atoms with Crippen molar-refractivity contribution in [2.45, 2.75) is 44.4 Å². The van der Waals surface area contributed by atoms with E-state index in [1.807, 2.05) is 3.28 Å². The van der Waals surface area contributed by atoms with E-state index in [0.717, 1.165) is 5.02 Å². The van der Waals surface area contributed by atoms with Gasteiger partial charge in [0, 0.05) is 0 Å². The Balaban J connectivity index is 0.00000171. The molecule has 0 nitrogen and oxygen atoms in total. The standard InChI is InChI=1S/C15H10Cl.C9H13.C2H6Si.2ClH.Zr/c16-15-8-4-7-13-12(9-10-14(13)15)11-5-2-1-3-6-11;1-6-5-7(2)9(4)8(6)3;1-3-2;;;/h1-10H;6H,1-4H3;1-2H3;2*1H;. The average Bonchev–Trinajstić information content (AvgIpc) is 3.18. The zero-order valence-corrected chi connectivity index (χ0v) is 24.9. The zero-order chi connectivity index (χ0) is 20.9. The summed E-state index contributed by atoms with van der Waals surface area (Å²) in [5, 5.41) is 0.960. The number of halogens is 3. The Morgan fingerprint density at radius 2 is 1.52 bits per heavy atom. The summed E-state index contributed by atoms with van der Waals surface area (Å²) < 4.78 is 2.40. The van der Waals surface area contributed by atoms with Crippen molar-refractivity contribution in [3.8, 4) is 0 Å². The topological polar surface area (TPSA) is 0 Å². The second kappa shape index (κ2) is 10.7. The van der Waals surface area contributed by atoms with E-state index in [-0.39, 0.29) is 24.8 Å².